The first kappa shape index (κ1) is 10.3. The van der Waals surface area contributed by atoms with Gasteiger partial charge in [-0.15, -0.1) is 0 Å². The summed E-state index contributed by atoms with van der Waals surface area (Å²) in [6.45, 7) is 8.49. The lowest BCUT2D eigenvalue weighted by Crippen LogP contribution is -2.44. The molecule has 1 N–H and O–H groups in total. The van der Waals surface area contributed by atoms with Crippen molar-refractivity contribution in [3.8, 4) is 5.75 Å². The second-order valence-electron chi connectivity index (χ2n) is 3.80. The highest BCUT2D eigenvalue weighted by atomic mass is 16.3. The van der Waals surface area contributed by atoms with Gasteiger partial charge in [0.25, 0.3) is 0 Å². The van der Waals surface area contributed by atoms with Crippen LogP contribution in [0, 0.1) is 6.54 Å². The van der Waals surface area contributed by atoms with Crippen molar-refractivity contribution in [3.63, 3.8) is 0 Å². The number of nitrogens with zero attached hydrogens (tertiary/aromatic N) is 2. The molecule has 2 rings (SSSR count). The van der Waals surface area contributed by atoms with Gasteiger partial charge in [-0.1, -0.05) is 0 Å². The maximum absolute atomic E-state index is 9.20. The molecule has 0 aliphatic carbocycles. The molecule has 15 heavy (non-hydrogen) atoms. The van der Waals surface area contributed by atoms with E-state index in [4.69, 9.17) is 0 Å². The quantitative estimate of drug-likeness (QED) is 0.796. The molecule has 1 saturated heterocycles. The predicted octanol–water partition coefficient (Wildman–Crippen LogP) is 1.70. The Kier molecular flexibility index (Phi) is 3.11. The van der Waals surface area contributed by atoms with Crippen molar-refractivity contribution in [2.75, 3.05) is 31.1 Å². The van der Waals surface area contributed by atoms with Crippen LogP contribution in [0.3, 0.4) is 0 Å². The fourth-order valence-corrected chi connectivity index (χ4v) is 1.90. The van der Waals surface area contributed by atoms with E-state index in [1.54, 1.807) is 12.1 Å². The van der Waals surface area contributed by atoms with Crippen LogP contribution in [0.25, 0.3) is 0 Å². The van der Waals surface area contributed by atoms with E-state index >= 15 is 0 Å². The van der Waals surface area contributed by atoms with Crippen molar-refractivity contribution in [1.82, 2.24) is 4.90 Å². The van der Waals surface area contributed by atoms with Crippen molar-refractivity contribution >= 4 is 5.69 Å². The Labute approximate surface area is 90.9 Å². The van der Waals surface area contributed by atoms with E-state index in [-0.39, 0.29) is 0 Å². The normalized spacial score (nSPS) is 18.1. The first-order valence-electron chi connectivity index (χ1n) is 5.37. The Morgan fingerprint density at radius 2 is 1.67 bits per heavy atom. The van der Waals surface area contributed by atoms with Gasteiger partial charge in [-0.3, -0.25) is 4.90 Å². The molecule has 0 unspecified atom stereocenters. The van der Waals surface area contributed by atoms with Crippen molar-refractivity contribution in [3.05, 3.63) is 30.8 Å². The fraction of sp³-hybridized carbons (Fsp3) is 0.417. The topological polar surface area (TPSA) is 26.7 Å². The SMILES string of the molecule is C[CH]N1CCN(c2ccc(O)cc2)CC1. The molecular formula is C12H17N2O. The lowest BCUT2D eigenvalue weighted by molar-refractivity contribution is 0.315. The number of benzene rings is 1. The minimum Gasteiger partial charge on any atom is -0.508 e. The number of aromatic hydroxyl groups is 1. The molecule has 1 aliphatic heterocycles. The summed E-state index contributed by atoms with van der Waals surface area (Å²) in [5.41, 5.74) is 1.20. The van der Waals surface area contributed by atoms with Gasteiger partial charge in [0.15, 0.2) is 0 Å². The number of phenols is 1. The standard InChI is InChI=1S/C12H17N2O/c1-2-13-7-9-14(10-8-13)11-3-5-12(15)6-4-11/h2-6,15H,7-10H2,1H3. The summed E-state index contributed by atoms with van der Waals surface area (Å²) in [6, 6.07) is 7.43. The average molecular weight is 205 g/mol. The summed E-state index contributed by atoms with van der Waals surface area (Å²) in [6.07, 6.45) is 0. The Morgan fingerprint density at radius 1 is 1.07 bits per heavy atom. The van der Waals surface area contributed by atoms with Crippen molar-refractivity contribution in [2.45, 2.75) is 6.92 Å². The van der Waals surface area contributed by atoms with Crippen molar-refractivity contribution in [1.29, 1.82) is 0 Å². The predicted molar refractivity (Wildman–Crippen MR) is 61.9 cm³/mol. The second kappa shape index (κ2) is 4.53. The summed E-state index contributed by atoms with van der Waals surface area (Å²) in [5, 5.41) is 9.20. The molecule has 0 saturated carbocycles. The van der Waals surface area contributed by atoms with Crippen LogP contribution in [0.2, 0.25) is 0 Å². The molecule has 0 amide bonds. The summed E-state index contributed by atoms with van der Waals surface area (Å²) in [5.74, 6) is 0.333. The molecule has 1 aromatic carbocycles. The van der Waals surface area contributed by atoms with Crippen LogP contribution in [0.15, 0.2) is 24.3 Å². The molecule has 1 radical (unpaired) electrons. The van der Waals surface area contributed by atoms with Gasteiger partial charge in [0.2, 0.25) is 0 Å². The van der Waals surface area contributed by atoms with Crippen LogP contribution >= 0.6 is 0 Å². The van der Waals surface area contributed by atoms with Gasteiger partial charge in [0, 0.05) is 38.4 Å². The van der Waals surface area contributed by atoms with E-state index in [2.05, 4.69) is 23.3 Å². The highest BCUT2D eigenvalue weighted by Crippen LogP contribution is 2.19. The fourth-order valence-electron chi connectivity index (χ4n) is 1.90. The third kappa shape index (κ3) is 2.42. The monoisotopic (exact) mass is 205 g/mol. The van der Waals surface area contributed by atoms with Crippen molar-refractivity contribution < 1.29 is 5.11 Å². The van der Waals surface area contributed by atoms with Gasteiger partial charge in [-0.2, -0.15) is 0 Å². The number of hydrogen-bond donors (Lipinski definition) is 1. The van der Waals surface area contributed by atoms with Gasteiger partial charge in [-0.05, 0) is 31.2 Å². The highest BCUT2D eigenvalue weighted by Gasteiger charge is 2.15. The Morgan fingerprint density at radius 3 is 2.20 bits per heavy atom. The molecule has 0 spiro atoms. The number of piperazine rings is 1. The maximum atomic E-state index is 9.20. The van der Waals surface area contributed by atoms with Crippen LogP contribution < -0.4 is 4.90 Å². The van der Waals surface area contributed by atoms with E-state index in [1.807, 2.05) is 12.1 Å². The van der Waals surface area contributed by atoms with Crippen LogP contribution in [0.1, 0.15) is 6.92 Å². The smallest absolute Gasteiger partial charge is 0.115 e. The van der Waals surface area contributed by atoms with E-state index in [0.29, 0.717) is 5.75 Å². The molecule has 1 aliphatic rings. The van der Waals surface area contributed by atoms with Gasteiger partial charge < -0.3 is 10.0 Å². The zero-order valence-corrected chi connectivity index (χ0v) is 9.06. The van der Waals surface area contributed by atoms with Crippen LogP contribution in [0.4, 0.5) is 5.69 Å². The Balaban J connectivity index is 1.98. The summed E-state index contributed by atoms with van der Waals surface area (Å²) in [7, 11) is 0. The highest BCUT2D eigenvalue weighted by molar-refractivity contribution is 5.49. The maximum Gasteiger partial charge on any atom is 0.115 e. The largest absolute Gasteiger partial charge is 0.508 e. The molecule has 1 heterocycles. The number of rotatable bonds is 2. The number of hydrogen-bond acceptors (Lipinski definition) is 3. The van der Waals surface area contributed by atoms with E-state index in [1.165, 1.54) is 5.69 Å². The van der Waals surface area contributed by atoms with Gasteiger partial charge in [0.05, 0.1) is 0 Å². The van der Waals surface area contributed by atoms with Crippen LogP contribution in [-0.4, -0.2) is 36.2 Å². The Bertz CT molecular complexity index is 302. The molecule has 3 heteroatoms. The number of phenolic OH excluding ortho intramolecular Hbond substituents is 1. The molecule has 0 bridgehead atoms. The van der Waals surface area contributed by atoms with Crippen LogP contribution in [-0.2, 0) is 0 Å². The Hall–Kier alpha value is -1.22. The van der Waals surface area contributed by atoms with Gasteiger partial charge >= 0.3 is 0 Å². The molecule has 1 fully saturated rings. The third-order valence-corrected chi connectivity index (χ3v) is 2.89. The first-order chi connectivity index (χ1) is 7.29. The second-order valence-corrected chi connectivity index (χ2v) is 3.80. The minimum absolute atomic E-state index is 0.333. The first-order valence-corrected chi connectivity index (χ1v) is 5.37. The molecule has 81 valence electrons. The summed E-state index contributed by atoms with van der Waals surface area (Å²) >= 11 is 0. The molecule has 3 nitrogen and oxygen atoms in total. The van der Waals surface area contributed by atoms with E-state index < -0.39 is 0 Å². The van der Waals surface area contributed by atoms with Crippen molar-refractivity contribution in [2.24, 2.45) is 0 Å². The zero-order chi connectivity index (χ0) is 10.7. The summed E-state index contributed by atoms with van der Waals surface area (Å²) in [4.78, 5) is 4.68. The molecule has 1 aromatic rings. The molecular weight excluding hydrogens is 188 g/mol. The minimum atomic E-state index is 0.333. The van der Waals surface area contributed by atoms with Crippen LogP contribution in [0.5, 0.6) is 5.75 Å². The summed E-state index contributed by atoms with van der Waals surface area (Å²) < 4.78 is 0. The van der Waals surface area contributed by atoms with E-state index in [9.17, 15) is 5.11 Å². The van der Waals surface area contributed by atoms with Gasteiger partial charge in [-0.25, -0.2) is 0 Å². The molecule has 0 atom stereocenters. The average Bonchev–Trinajstić information content (AvgIpc) is 2.30. The van der Waals surface area contributed by atoms with Gasteiger partial charge in [0.1, 0.15) is 5.75 Å². The zero-order valence-electron chi connectivity index (χ0n) is 9.06. The lowest BCUT2D eigenvalue weighted by Gasteiger charge is -2.35. The third-order valence-electron chi connectivity index (χ3n) is 2.89. The molecule has 0 aromatic heterocycles. The van der Waals surface area contributed by atoms with E-state index in [0.717, 1.165) is 26.2 Å². The number of anilines is 1. The lowest BCUT2D eigenvalue weighted by atomic mass is 10.2.